The maximum Gasteiger partial charge on any atom is 0.270 e. The van der Waals surface area contributed by atoms with Crippen molar-refractivity contribution < 1.29 is 24.3 Å². The molecule has 3 rings (SSSR count). The predicted molar refractivity (Wildman–Crippen MR) is 95.5 cm³/mol. The van der Waals surface area contributed by atoms with Crippen LogP contribution in [0.1, 0.15) is 16.7 Å². The van der Waals surface area contributed by atoms with Crippen LogP contribution in [0.3, 0.4) is 0 Å². The monoisotopic (exact) mass is 356 g/mol. The number of fused-ring (bicyclic) bond motifs is 1. The van der Waals surface area contributed by atoms with Crippen LogP contribution < -0.4 is 14.8 Å². The second-order valence-corrected chi connectivity index (χ2v) is 5.72. The van der Waals surface area contributed by atoms with Gasteiger partial charge >= 0.3 is 0 Å². The van der Waals surface area contributed by atoms with E-state index in [1.165, 1.54) is 32.4 Å². The first kappa shape index (κ1) is 17.3. The van der Waals surface area contributed by atoms with Crippen LogP contribution in [0.15, 0.2) is 24.3 Å². The Morgan fingerprint density at radius 1 is 1.15 bits per heavy atom. The number of carbonyl (C=O) groups is 1. The molecule has 1 aliphatic rings. The highest BCUT2D eigenvalue weighted by Crippen LogP contribution is 2.42. The third-order valence-corrected chi connectivity index (χ3v) is 4.13. The fourth-order valence-electron chi connectivity index (χ4n) is 2.82. The number of methoxy groups -OCH3 is 2. The summed E-state index contributed by atoms with van der Waals surface area (Å²) in [7, 11) is 2.97. The fourth-order valence-corrected chi connectivity index (χ4v) is 2.82. The number of aromatic hydroxyl groups is 1. The standard InChI is InChI=1S/C18H16N2O6/c1-9-4-11(20(23)24)5-10(17(9)21)6-13-12-7-15(25-2)16(26-3)8-14(12)19-18(13)22/h4-8,21H,1-3H3,(H,19,22). The minimum Gasteiger partial charge on any atom is -0.507 e. The predicted octanol–water partition coefficient (Wildman–Crippen LogP) is 3.12. The molecule has 2 N–H and O–H groups in total. The van der Waals surface area contributed by atoms with Gasteiger partial charge in [0, 0.05) is 34.9 Å². The van der Waals surface area contributed by atoms with E-state index in [-0.39, 0.29) is 28.5 Å². The zero-order valence-electron chi connectivity index (χ0n) is 14.3. The highest BCUT2D eigenvalue weighted by Gasteiger charge is 2.27. The van der Waals surface area contributed by atoms with Crippen LogP contribution in [-0.4, -0.2) is 30.2 Å². The van der Waals surface area contributed by atoms with Gasteiger partial charge in [-0.25, -0.2) is 0 Å². The number of hydrogen-bond donors (Lipinski definition) is 2. The number of carbonyl (C=O) groups excluding carboxylic acids is 1. The number of phenols is 1. The van der Waals surface area contributed by atoms with E-state index < -0.39 is 4.92 Å². The van der Waals surface area contributed by atoms with E-state index >= 15 is 0 Å². The Morgan fingerprint density at radius 3 is 2.42 bits per heavy atom. The van der Waals surface area contributed by atoms with Gasteiger partial charge in [0.1, 0.15) is 5.75 Å². The number of amides is 1. The van der Waals surface area contributed by atoms with Crippen molar-refractivity contribution in [3.05, 3.63) is 51.1 Å². The lowest BCUT2D eigenvalue weighted by molar-refractivity contribution is -0.384. The van der Waals surface area contributed by atoms with Gasteiger partial charge in [0.15, 0.2) is 11.5 Å². The zero-order valence-corrected chi connectivity index (χ0v) is 14.3. The molecule has 1 aliphatic heterocycles. The minimum atomic E-state index is -0.551. The van der Waals surface area contributed by atoms with Gasteiger partial charge < -0.3 is 19.9 Å². The molecule has 1 amide bonds. The molecule has 0 atom stereocenters. The Kier molecular flexibility index (Phi) is 4.25. The first-order chi connectivity index (χ1) is 12.3. The molecule has 0 radical (unpaired) electrons. The van der Waals surface area contributed by atoms with Gasteiger partial charge in [-0.1, -0.05) is 0 Å². The molecule has 0 spiro atoms. The Hall–Kier alpha value is -3.55. The van der Waals surface area contributed by atoms with Crippen LogP contribution in [0, 0.1) is 17.0 Å². The van der Waals surface area contributed by atoms with E-state index in [1.807, 2.05) is 0 Å². The highest BCUT2D eigenvalue weighted by atomic mass is 16.6. The second kappa shape index (κ2) is 6.40. The topological polar surface area (TPSA) is 111 Å². The number of anilines is 1. The smallest absolute Gasteiger partial charge is 0.270 e. The minimum absolute atomic E-state index is 0.121. The molecule has 8 nitrogen and oxygen atoms in total. The largest absolute Gasteiger partial charge is 0.507 e. The van der Waals surface area contributed by atoms with Gasteiger partial charge in [0.25, 0.3) is 11.6 Å². The Bertz CT molecular complexity index is 965. The molecule has 0 saturated carbocycles. The summed E-state index contributed by atoms with van der Waals surface area (Å²) >= 11 is 0. The summed E-state index contributed by atoms with van der Waals surface area (Å²) < 4.78 is 10.5. The molecule has 1 heterocycles. The number of rotatable bonds is 4. The van der Waals surface area contributed by atoms with E-state index in [0.717, 1.165) is 0 Å². The van der Waals surface area contributed by atoms with Crippen molar-refractivity contribution in [2.45, 2.75) is 6.92 Å². The summed E-state index contributed by atoms with van der Waals surface area (Å²) in [6, 6.07) is 5.76. The van der Waals surface area contributed by atoms with E-state index in [0.29, 0.717) is 28.3 Å². The number of benzene rings is 2. The third kappa shape index (κ3) is 2.81. The fraction of sp³-hybridized carbons (Fsp3) is 0.167. The van der Waals surface area contributed by atoms with Gasteiger partial charge in [-0.3, -0.25) is 14.9 Å². The van der Waals surface area contributed by atoms with Crippen LogP contribution >= 0.6 is 0 Å². The molecule has 26 heavy (non-hydrogen) atoms. The van der Waals surface area contributed by atoms with Crippen molar-refractivity contribution >= 4 is 28.9 Å². The van der Waals surface area contributed by atoms with Gasteiger partial charge in [-0.05, 0) is 24.6 Å². The van der Waals surface area contributed by atoms with Crippen LogP contribution in [-0.2, 0) is 4.79 Å². The van der Waals surface area contributed by atoms with Crippen LogP contribution in [0.25, 0.3) is 11.6 Å². The molecule has 0 fully saturated rings. The van der Waals surface area contributed by atoms with Gasteiger partial charge in [0.05, 0.1) is 24.8 Å². The number of hydrogen-bond acceptors (Lipinski definition) is 6. The summed E-state index contributed by atoms with van der Waals surface area (Å²) in [5.41, 5.74) is 1.70. The average Bonchev–Trinajstić information content (AvgIpc) is 2.91. The van der Waals surface area contributed by atoms with E-state index in [9.17, 15) is 20.0 Å². The van der Waals surface area contributed by atoms with Gasteiger partial charge in [-0.15, -0.1) is 0 Å². The Balaban J connectivity index is 2.18. The van der Waals surface area contributed by atoms with E-state index in [4.69, 9.17) is 9.47 Å². The highest BCUT2D eigenvalue weighted by molar-refractivity contribution is 6.35. The van der Waals surface area contributed by atoms with Crippen molar-refractivity contribution in [3.63, 3.8) is 0 Å². The molecule has 0 aromatic heterocycles. The SMILES string of the molecule is COc1cc2c(cc1OC)C(=Cc1cc([N+](=O)[O-])cc(C)c1O)C(=O)N2. The molecular formula is C18H16N2O6. The van der Waals surface area contributed by atoms with E-state index in [2.05, 4.69) is 5.32 Å². The number of nitro groups is 1. The van der Waals surface area contributed by atoms with Crippen LogP contribution in [0.4, 0.5) is 11.4 Å². The summed E-state index contributed by atoms with van der Waals surface area (Å²) in [5, 5.41) is 24.0. The van der Waals surface area contributed by atoms with Crippen molar-refractivity contribution in [2.75, 3.05) is 19.5 Å². The molecule has 0 aliphatic carbocycles. The molecule has 2 aromatic rings. The maximum atomic E-state index is 12.4. The van der Waals surface area contributed by atoms with Crippen molar-refractivity contribution in [3.8, 4) is 17.2 Å². The second-order valence-electron chi connectivity index (χ2n) is 5.72. The Morgan fingerprint density at radius 2 is 1.81 bits per heavy atom. The summed E-state index contributed by atoms with van der Waals surface area (Å²) in [5.74, 6) is 0.388. The summed E-state index contributed by atoms with van der Waals surface area (Å²) in [6.07, 6.45) is 1.42. The van der Waals surface area contributed by atoms with Crippen LogP contribution in [0.2, 0.25) is 0 Å². The number of aryl methyl sites for hydroxylation is 1. The number of non-ortho nitro benzene ring substituents is 1. The molecule has 134 valence electrons. The lowest BCUT2D eigenvalue weighted by Gasteiger charge is -2.10. The van der Waals surface area contributed by atoms with Gasteiger partial charge in [0.2, 0.25) is 0 Å². The number of phenolic OH excluding ortho intramolecular Hbond substituents is 1. The number of nitrogens with one attached hydrogen (secondary N) is 1. The van der Waals surface area contributed by atoms with Crippen molar-refractivity contribution in [1.82, 2.24) is 0 Å². The molecule has 2 aromatic carbocycles. The molecule has 0 saturated heterocycles. The molecule has 0 bridgehead atoms. The Labute approximate surface area is 148 Å². The van der Waals surface area contributed by atoms with E-state index in [1.54, 1.807) is 19.1 Å². The number of nitro benzene ring substituents is 1. The van der Waals surface area contributed by atoms with Crippen molar-refractivity contribution in [1.29, 1.82) is 0 Å². The lowest BCUT2D eigenvalue weighted by atomic mass is 10.0. The summed E-state index contributed by atoms with van der Waals surface area (Å²) in [6.45, 7) is 1.56. The number of nitrogens with zero attached hydrogens (tertiary/aromatic N) is 1. The van der Waals surface area contributed by atoms with Crippen LogP contribution in [0.5, 0.6) is 17.2 Å². The summed E-state index contributed by atoms with van der Waals surface area (Å²) in [4.78, 5) is 22.9. The molecule has 8 heteroatoms. The molecular weight excluding hydrogens is 340 g/mol. The normalized spacial score (nSPS) is 14.1. The van der Waals surface area contributed by atoms with Gasteiger partial charge in [-0.2, -0.15) is 0 Å². The average molecular weight is 356 g/mol. The zero-order chi connectivity index (χ0) is 19.0. The quantitative estimate of drug-likeness (QED) is 0.495. The van der Waals surface area contributed by atoms with Crippen molar-refractivity contribution in [2.24, 2.45) is 0 Å². The maximum absolute atomic E-state index is 12.4. The first-order valence-electron chi connectivity index (χ1n) is 7.63. The lowest BCUT2D eigenvalue weighted by Crippen LogP contribution is -2.03. The third-order valence-electron chi connectivity index (χ3n) is 4.13. The number of ether oxygens (including phenoxy) is 2. The molecule has 0 unspecified atom stereocenters. The first-order valence-corrected chi connectivity index (χ1v) is 7.63.